The van der Waals surface area contributed by atoms with E-state index in [0.29, 0.717) is 28.1 Å². The maximum atomic E-state index is 13.5. The highest BCUT2D eigenvalue weighted by Crippen LogP contribution is 2.28. The highest BCUT2D eigenvalue weighted by molar-refractivity contribution is 6.31. The fourth-order valence-corrected chi connectivity index (χ4v) is 3.36. The van der Waals surface area contributed by atoms with Gasteiger partial charge < -0.3 is 16.0 Å². The predicted molar refractivity (Wildman–Crippen MR) is 128 cm³/mol. The molecule has 11 heteroatoms. The molecule has 0 aliphatic carbocycles. The van der Waals surface area contributed by atoms with E-state index in [1.165, 1.54) is 36.7 Å². The van der Waals surface area contributed by atoms with E-state index in [1.807, 2.05) is 0 Å². The molecule has 0 aliphatic rings. The Morgan fingerprint density at radius 2 is 1.71 bits per heavy atom. The number of rotatable bonds is 6. The number of aromatic nitrogens is 2. The summed E-state index contributed by atoms with van der Waals surface area (Å²) in [7, 11) is 0. The van der Waals surface area contributed by atoms with Crippen molar-refractivity contribution in [2.24, 2.45) is 0 Å². The summed E-state index contributed by atoms with van der Waals surface area (Å²) in [6.45, 7) is 0. The molecule has 0 aliphatic heterocycles. The van der Waals surface area contributed by atoms with Gasteiger partial charge in [-0.05, 0) is 48.5 Å². The van der Waals surface area contributed by atoms with E-state index >= 15 is 0 Å². The molecule has 1 unspecified atom stereocenters. The van der Waals surface area contributed by atoms with Crippen molar-refractivity contribution in [3.05, 3.63) is 83.4 Å². The molecular formula is C23H15Cl2F2N5O2. The molecule has 1 atom stereocenters. The number of alkyl halides is 2. The van der Waals surface area contributed by atoms with Crippen LogP contribution in [0.2, 0.25) is 5.02 Å². The normalized spacial score (nSPS) is 11.6. The van der Waals surface area contributed by atoms with Crippen molar-refractivity contribution in [1.29, 1.82) is 0 Å². The average Bonchev–Trinajstić information content (AvgIpc) is 2.82. The maximum Gasteiger partial charge on any atom is 0.274 e. The SMILES string of the molecule is O=C(Nc1ccc2ncnc(Nc3ccc(F)c(Cl)c3)c2c1)c1ccccc1NC(=O)C(F)Cl. The first-order valence-electron chi connectivity index (χ1n) is 9.78. The van der Waals surface area contributed by atoms with Crippen molar-refractivity contribution in [1.82, 2.24) is 9.97 Å². The van der Waals surface area contributed by atoms with Crippen LogP contribution in [-0.4, -0.2) is 27.4 Å². The monoisotopic (exact) mass is 501 g/mol. The molecule has 34 heavy (non-hydrogen) atoms. The van der Waals surface area contributed by atoms with Crippen molar-refractivity contribution in [2.75, 3.05) is 16.0 Å². The van der Waals surface area contributed by atoms with E-state index in [-0.39, 0.29) is 16.3 Å². The second-order valence-electron chi connectivity index (χ2n) is 7.00. The lowest BCUT2D eigenvalue weighted by molar-refractivity contribution is -0.118. The Hall–Kier alpha value is -3.82. The van der Waals surface area contributed by atoms with E-state index in [1.54, 1.807) is 30.3 Å². The minimum atomic E-state index is -2.25. The van der Waals surface area contributed by atoms with Gasteiger partial charge >= 0.3 is 0 Å². The number of anilines is 4. The lowest BCUT2D eigenvalue weighted by atomic mass is 10.1. The zero-order valence-corrected chi connectivity index (χ0v) is 18.7. The van der Waals surface area contributed by atoms with Crippen LogP contribution in [0.1, 0.15) is 10.4 Å². The summed E-state index contributed by atoms with van der Waals surface area (Å²) in [6.07, 6.45) is 1.36. The molecule has 0 bridgehead atoms. The summed E-state index contributed by atoms with van der Waals surface area (Å²) < 4.78 is 26.5. The Bertz CT molecular complexity index is 1400. The number of benzene rings is 3. The molecule has 172 valence electrons. The van der Waals surface area contributed by atoms with E-state index in [4.69, 9.17) is 23.2 Å². The summed E-state index contributed by atoms with van der Waals surface area (Å²) in [5, 5.41) is 8.59. The molecule has 0 fully saturated rings. The third-order valence-corrected chi connectivity index (χ3v) is 5.19. The van der Waals surface area contributed by atoms with Gasteiger partial charge in [-0.2, -0.15) is 0 Å². The van der Waals surface area contributed by atoms with E-state index in [2.05, 4.69) is 25.9 Å². The van der Waals surface area contributed by atoms with Crippen LogP contribution in [-0.2, 0) is 4.79 Å². The van der Waals surface area contributed by atoms with Crippen LogP contribution in [0.4, 0.5) is 31.7 Å². The number of halogens is 4. The highest BCUT2D eigenvalue weighted by Gasteiger charge is 2.18. The van der Waals surface area contributed by atoms with Crippen molar-refractivity contribution < 1.29 is 18.4 Å². The van der Waals surface area contributed by atoms with Gasteiger partial charge in [0.2, 0.25) is 0 Å². The Morgan fingerprint density at radius 3 is 2.47 bits per heavy atom. The second-order valence-corrected chi connectivity index (χ2v) is 7.79. The van der Waals surface area contributed by atoms with Gasteiger partial charge in [0.05, 0.1) is 21.8 Å². The number of fused-ring (bicyclic) bond motifs is 1. The van der Waals surface area contributed by atoms with Gasteiger partial charge in [-0.1, -0.05) is 35.3 Å². The van der Waals surface area contributed by atoms with Gasteiger partial charge in [-0.25, -0.2) is 18.7 Å². The molecule has 3 N–H and O–H groups in total. The van der Waals surface area contributed by atoms with Crippen LogP contribution in [0.3, 0.4) is 0 Å². The molecular weight excluding hydrogens is 487 g/mol. The van der Waals surface area contributed by atoms with Crippen molar-refractivity contribution >= 4 is 68.8 Å². The first-order valence-corrected chi connectivity index (χ1v) is 10.6. The van der Waals surface area contributed by atoms with Gasteiger partial charge in [0.1, 0.15) is 18.0 Å². The molecule has 0 saturated heterocycles. The maximum absolute atomic E-state index is 13.5. The number of para-hydroxylation sites is 1. The number of nitrogens with zero attached hydrogens (tertiary/aromatic N) is 2. The third kappa shape index (κ3) is 5.22. The third-order valence-electron chi connectivity index (χ3n) is 4.70. The minimum absolute atomic E-state index is 0.0460. The Labute approximate surface area is 202 Å². The Morgan fingerprint density at radius 1 is 0.941 bits per heavy atom. The molecule has 0 radical (unpaired) electrons. The summed E-state index contributed by atoms with van der Waals surface area (Å²) in [4.78, 5) is 32.9. The van der Waals surface area contributed by atoms with Crippen molar-refractivity contribution in [3.8, 4) is 0 Å². The van der Waals surface area contributed by atoms with E-state index < -0.39 is 23.3 Å². The molecule has 0 spiro atoms. The van der Waals surface area contributed by atoms with Gasteiger partial charge in [-0.15, -0.1) is 0 Å². The smallest absolute Gasteiger partial charge is 0.274 e. The summed E-state index contributed by atoms with van der Waals surface area (Å²) in [6, 6.07) is 15.2. The molecule has 7 nitrogen and oxygen atoms in total. The highest BCUT2D eigenvalue weighted by atomic mass is 35.5. The van der Waals surface area contributed by atoms with Gasteiger partial charge in [0, 0.05) is 16.8 Å². The molecule has 3 aromatic carbocycles. The molecule has 1 aromatic heterocycles. The number of amides is 2. The summed E-state index contributed by atoms with van der Waals surface area (Å²) >= 11 is 11.0. The van der Waals surface area contributed by atoms with Crippen LogP contribution in [0.25, 0.3) is 10.9 Å². The number of hydrogen-bond donors (Lipinski definition) is 3. The molecule has 4 aromatic rings. The van der Waals surface area contributed by atoms with E-state index in [0.717, 1.165) is 0 Å². The first kappa shape index (κ1) is 23.3. The largest absolute Gasteiger partial charge is 0.340 e. The van der Waals surface area contributed by atoms with Crippen LogP contribution in [0, 0.1) is 5.82 Å². The number of carbonyl (C=O) groups is 2. The van der Waals surface area contributed by atoms with Crippen LogP contribution >= 0.6 is 23.2 Å². The van der Waals surface area contributed by atoms with Crippen molar-refractivity contribution in [3.63, 3.8) is 0 Å². The summed E-state index contributed by atoms with van der Waals surface area (Å²) in [5.41, 5.74) is -0.527. The number of hydrogen-bond acceptors (Lipinski definition) is 5. The zero-order chi connectivity index (χ0) is 24.2. The minimum Gasteiger partial charge on any atom is -0.340 e. The number of nitrogens with one attached hydrogen (secondary N) is 3. The summed E-state index contributed by atoms with van der Waals surface area (Å²) in [5.74, 6) is -1.76. The standard InChI is InChI=1S/C23H15Cl2F2N5O2/c24-16-10-13(5-7-17(16)26)30-21-15-9-12(6-8-18(15)28-11-29-21)31-22(33)14-3-1-2-4-19(14)32-23(34)20(25)27/h1-11,20H,(H,31,33)(H,32,34)(H,28,29,30). The average molecular weight is 502 g/mol. The van der Waals surface area contributed by atoms with Gasteiger partial charge in [-0.3, -0.25) is 9.59 Å². The van der Waals surface area contributed by atoms with Gasteiger partial charge in [0.25, 0.3) is 17.4 Å². The Kier molecular flexibility index (Phi) is 6.85. The number of carbonyl (C=O) groups excluding carboxylic acids is 2. The van der Waals surface area contributed by atoms with Gasteiger partial charge in [0.15, 0.2) is 0 Å². The molecule has 4 rings (SSSR count). The van der Waals surface area contributed by atoms with Crippen LogP contribution < -0.4 is 16.0 Å². The topological polar surface area (TPSA) is 96.0 Å². The fraction of sp³-hybridized carbons (Fsp3) is 0.0435. The van der Waals surface area contributed by atoms with Crippen LogP contribution in [0.5, 0.6) is 0 Å². The van der Waals surface area contributed by atoms with Crippen molar-refractivity contribution in [2.45, 2.75) is 5.63 Å². The molecule has 1 heterocycles. The lowest BCUT2D eigenvalue weighted by Gasteiger charge is -2.13. The fourth-order valence-electron chi connectivity index (χ4n) is 3.12. The quantitative estimate of drug-likeness (QED) is 0.286. The molecule has 2 amide bonds. The first-order chi connectivity index (χ1) is 16.3. The van der Waals surface area contributed by atoms with Crippen LogP contribution in [0.15, 0.2) is 67.0 Å². The van der Waals surface area contributed by atoms with E-state index in [9.17, 15) is 18.4 Å². The zero-order valence-electron chi connectivity index (χ0n) is 17.2. The predicted octanol–water partition coefficient (Wildman–Crippen LogP) is 5.89. The molecule has 0 saturated carbocycles. The Balaban J connectivity index is 1.61. The lowest BCUT2D eigenvalue weighted by Crippen LogP contribution is -2.22. The second kappa shape index (κ2) is 9.98.